The fourth-order valence-corrected chi connectivity index (χ4v) is 3.76. The number of nitrogens with one attached hydrogen (secondary N) is 2. The molecule has 0 atom stereocenters. The monoisotopic (exact) mass is 368 g/mol. The van der Waals surface area contributed by atoms with E-state index in [4.69, 9.17) is 4.74 Å². The summed E-state index contributed by atoms with van der Waals surface area (Å²) < 4.78 is 28.7. The zero-order chi connectivity index (χ0) is 18.3. The summed E-state index contributed by atoms with van der Waals surface area (Å²) in [6, 6.07) is 5.39. The topological polar surface area (TPSA) is 83.0 Å². The van der Waals surface area contributed by atoms with E-state index in [0.29, 0.717) is 11.4 Å². The number of sulfone groups is 1. The molecule has 0 unspecified atom stereocenters. The van der Waals surface area contributed by atoms with Crippen molar-refractivity contribution in [2.24, 2.45) is 4.99 Å². The smallest absolute Gasteiger partial charge is 0.191 e. The Labute approximate surface area is 150 Å². The van der Waals surface area contributed by atoms with E-state index in [0.717, 1.165) is 56.5 Å². The Bertz CT molecular complexity index is 698. The molecule has 1 aromatic rings. The third-order valence-corrected chi connectivity index (χ3v) is 5.40. The molecule has 0 aliphatic carbocycles. The highest BCUT2D eigenvalue weighted by atomic mass is 32.2. The lowest BCUT2D eigenvalue weighted by molar-refractivity contribution is 0.0389. The van der Waals surface area contributed by atoms with Crippen LogP contribution in [-0.2, 0) is 21.1 Å². The van der Waals surface area contributed by atoms with Crippen molar-refractivity contribution in [1.82, 2.24) is 15.5 Å². The van der Waals surface area contributed by atoms with Crippen LogP contribution in [0.2, 0.25) is 0 Å². The maximum atomic E-state index is 11.7. The molecule has 0 radical (unpaired) electrons. The number of guanidine groups is 1. The Morgan fingerprint density at radius 2 is 2.00 bits per heavy atom. The first-order valence-corrected chi connectivity index (χ1v) is 10.3. The van der Waals surface area contributed by atoms with Crippen molar-refractivity contribution >= 4 is 15.8 Å². The molecule has 1 aromatic carbocycles. The fourth-order valence-electron chi connectivity index (χ4n) is 2.80. The number of aryl methyl sites for hydroxylation is 1. The van der Waals surface area contributed by atoms with Crippen LogP contribution < -0.4 is 10.6 Å². The lowest BCUT2D eigenvalue weighted by atomic mass is 10.1. The maximum absolute atomic E-state index is 11.7. The summed E-state index contributed by atoms with van der Waals surface area (Å²) in [6.07, 6.45) is 1.23. The summed E-state index contributed by atoms with van der Waals surface area (Å²) in [5, 5.41) is 6.55. The van der Waals surface area contributed by atoms with E-state index in [1.54, 1.807) is 13.1 Å². The zero-order valence-corrected chi connectivity index (χ0v) is 16.0. The summed E-state index contributed by atoms with van der Waals surface area (Å²) in [4.78, 5) is 6.96. The molecule has 0 saturated carbocycles. The Hall–Kier alpha value is -1.64. The van der Waals surface area contributed by atoms with E-state index in [1.165, 1.54) is 6.26 Å². The van der Waals surface area contributed by atoms with Crippen LogP contribution in [0.1, 0.15) is 11.1 Å². The van der Waals surface area contributed by atoms with Crippen LogP contribution in [0.15, 0.2) is 28.1 Å². The predicted molar refractivity (Wildman–Crippen MR) is 99.7 cm³/mol. The molecule has 25 heavy (non-hydrogen) atoms. The van der Waals surface area contributed by atoms with Gasteiger partial charge in [0.1, 0.15) is 0 Å². The molecule has 1 saturated heterocycles. The van der Waals surface area contributed by atoms with Crippen LogP contribution in [0, 0.1) is 6.92 Å². The van der Waals surface area contributed by atoms with Gasteiger partial charge in [-0.15, -0.1) is 0 Å². The van der Waals surface area contributed by atoms with Crippen LogP contribution in [0.4, 0.5) is 0 Å². The Kier molecular flexibility index (Phi) is 7.22. The van der Waals surface area contributed by atoms with E-state index >= 15 is 0 Å². The zero-order valence-electron chi connectivity index (χ0n) is 15.2. The molecule has 140 valence electrons. The highest BCUT2D eigenvalue weighted by Crippen LogP contribution is 2.16. The molecular formula is C17H28N4O3S. The molecule has 1 fully saturated rings. The maximum Gasteiger partial charge on any atom is 0.191 e. The molecule has 0 spiro atoms. The summed E-state index contributed by atoms with van der Waals surface area (Å²) in [6.45, 7) is 7.71. The minimum absolute atomic E-state index is 0.379. The number of nitrogens with zero attached hydrogens (tertiary/aromatic N) is 2. The summed E-state index contributed by atoms with van der Waals surface area (Å²) in [5.41, 5.74) is 1.78. The fraction of sp³-hybridized carbons (Fsp3) is 0.588. The molecule has 7 nitrogen and oxygen atoms in total. The van der Waals surface area contributed by atoms with Crippen molar-refractivity contribution < 1.29 is 13.2 Å². The lowest BCUT2D eigenvalue weighted by Crippen LogP contribution is -2.44. The number of ether oxygens (including phenoxy) is 1. The van der Waals surface area contributed by atoms with Gasteiger partial charge in [-0.25, -0.2) is 8.42 Å². The van der Waals surface area contributed by atoms with Gasteiger partial charge in [0.25, 0.3) is 0 Å². The average Bonchev–Trinajstić information content (AvgIpc) is 2.57. The first kappa shape index (κ1) is 19.7. The molecular weight excluding hydrogens is 340 g/mol. The Morgan fingerprint density at radius 1 is 1.28 bits per heavy atom. The first-order valence-electron chi connectivity index (χ1n) is 8.44. The molecule has 2 N–H and O–H groups in total. The minimum atomic E-state index is -3.18. The van der Waals surface area contributed by atoms with Gasteiger partial charge in [0.05, 0.1) is 18.1 Å². The molecule has 0 aromatic heterocycles. The van der Waals surface area contributed by atoms with E-state index in [9.17, 15) is 8.42 Å². The van der Waals surface area contributed by atoms with Gasteiger partial charge in [0, 0.05) is 46.0 Å². The van der Waals surface area contributed by atoms with Crippen LogP contribution >= 0.6 is 0 Å². The van der Waals surface area contributed by atoms with Crippen LogP contribution in [0.25, 0.3) is 0 Å². The molecule has 8 heteroatoms. The van der Waals surface area contributed by atoms with Gasteiger partial charge in [-0.3, -0.25) is 9.89 Å². The second kappa shape index (κ2) is 9.17. The largest absolute Gasteiger partial charge is 0.379 e. The molecule has 0 amide bonds. The van der Waals surface area contributed by atoms with Gasteiger partial charge in [-0.05, 0) is 24.1 Å². The van der Waals surface area contributed by atoms with Gasteiger partial charge in [0.15, 0.2) is 15.8 Å². The first-order chi connectivity index (χ1) is 11.9. The number of hydrogen-bond donors (Lipinski definition) is 2. The average molecular weight is 369 g/mol. The number of hydrogen-bond acceptors (Lipinski definition) is 5. The van der Waals surface area contributed by atoms with Gasteiger partial charge in [0.2, 0.25) is 0 Å². The SMILES string of the molecule is CN=C(NCCN1CCOCC1)NCc1ccc(S(C)(=O)=O)c(C)c1. The number of aliphatic imine (C=N–C) groups is 1. The lowest BCUT2D eigenvalue weighted by Gasteiger charge is -2.26. The normalized spacial score (nSPS) is 16.7. The molecule has 1 aliphatic rings. The Morgan fingerprint density at radius 3 is 2.60 bits per heavy atom. The highest BCUT2D eigenvalue weighted by molar-refractivity contribution is 7.90. The van der Waals surface area contributed by atoms with Crippen molar-refractivity contribution in [1.29, 1.82) is 0 Å². The quantitative estimate of drug-likeness (QED) is 0.559. The second-order valence-electron chi connectivity index (χ2n) is 6.18. The second-order valence-corrected chi connectivity index (χ2v) is 8.16. The van der Waals surface area contributed by atoms with Crippen molar-refractivity contribution in [3.63, 3.8) is 0 Å². The van der Waals surface area contributed by atoms with E-state index in [2.05, 4.69) is 20.5 Å². The third kappa shape index (κ3) is 6.30. The van der Waals surface area contributed by atoms with Gasteiger partial charge < -0.3 is 15.4 Å². The predicted octanol–water partition coefficient (Wildman–Crippen LogP) is 0.396. The third-order valence-electron chi connectivity index (χ3n) is 4.15. The van der Waals surface area contributed by atoms with Gasteiger partial charge >= 0.3 is 0 Å². The van der Waals surface area contributed by atoms with Crippen LogP contribution in [0.5, 0.6) is 0 Å². The van der Waals surface area contributed by atoms with E-state index in [-0.39, 0.29) is 0 Å². The van der Waals surface area contributed by atoms with Crippen molar-refractivity contribution in [3.8, 4) is 0 Å². The molecule has 0 bridgehead atoms. The van der Waals surface area contributed by atoms with Crippen LogP contribution in [0.3, 0.4) is 0 Å². The highest BCUT2D eigenvalue weighted by Gasteiger charge is 2.11. The van der Waals surface area contributed by atoms with E-state index < -0.39 is 9.84 Å². The molecule has 1 heterocycles. The van der Waals surface area contributed by atoms with Gasteiger partial charge in [-0.2, -0.15) is 0 Å². The van der Waals surface area contributed by atoms with Crippen molar-refractivity contribution in [3.05, 3.63) is 29.3 Å². The Balaban J connectivity index is 1.81. The van der Waals surface area contributed by atoms with E-state index in [1.807, 2.05) is 19.1 Å². The summed E-state index contributed by atoms with van der Waals surface area (Å²) >= 11 is 0. The number of rotatable bonds is 6. The standard InChI is InChI=1S/C17H28N4O3S/c1-14-12-15(4-5-16(14)25(3,22)23)13-20-17(18-2)19-6-7-21-8-10-24-11-9-21/h4-5,12H,6-11,13H2,1-3H3,(H2,18,19,20). The molecule has 1 aliphatic heterocycles. The summed E-state index contributed by atoms with van der Waals surface area (Å²) in [7, 11) is -1.44. The van der Waals surface area contributed by atoms with Crippen molar-refractivity contribution in [2.45, 2.75) is 18.4 Å². The number of morpholine rings is 1. The summed E-state index contributed by atoms with van der Waals surface area (Å²) in [5.74, 6) is 0.734. The van der Waals surface area contributed by atoms with Gasteiger partial charge in [-0.1, -0.05) is 12.1 Å². The van der Waals surface area contributed by atoms with Crippen LogP contribution in [-0.4, -0.2) is 72.0 Å². The number of benzene rings is 1. The molecule has 2 rings (SSSR count). The minimum Gasteiger partial charge on any atom is -0.379 e. The van der Waals surface area contributed by atoms with Crippen molar-refractivity contribution in [2.75, 3.05) is 52.7 Å².